The summed E-state index contributed by atoms with van der Waals surface area (Å²) in [7, 11) is 0. The van der Waals surface area contributed by atoms with E-state index in [9.17, 15) is 5.11 Å². The highest BCUT2D eigenvalue weighted by molar-refractivity contribution is 6.47. The maximum atomic E-state index is 10.3. The standard InChI is InChI=1S/C18H23ClN6O2/c1-11(22-13-2-4-24(5-3-13)14-9-27-10-14)17(23-20)12-6-16(26)18-15(19)7-21-25(18)8-12/h6-8,13-14,26H,2-5,9-10,20H2,1H3/b22-11?,23-17+. The third-order valence-corrected chi connectivity index (χ3v) is 5.58. The van der Waals surface area contributed by atoms with Crippen molar-refractivity contribution in [3.63, 3.8) is 0 Å². The molecule has 0 bridgehead atoms. The third-order valence-electron chi connectivity index (χ3n) is 5.30. The lowest BCUT2D eigenvalue weighted by Gasteiger charge is -2.40. The van der Waals surface area contributed by atoms with Crippen LogP contribution in [-0.4, -0.2) is 69.4 Å². The van der Waals surface area contributed by atoms with Crippen LogP contribution in [0.1, 0.15) is 25.3 Å². The van der Waals surface area contributed by atoms with Crippen LogP contribution in [0, 0.1) is 0 Å². The lowest BCUT2D eigenvalue weighted by molar-refractivity contribution is -0.0709. The molecule has 8 nitrogen and oxygen atoms in total. The van der Waals surface area contributed by atoms with E-state index in [1.165, 1.54) is 10.7 Å². The third kappa shape index (κ3) is 3.52. The Hall–Kier alpha value is -2.16. The number of hydrazone groups is 1. The van der Waals surface area contributed by atoms with E-state index in [1.807, 2.05) is 6.92 Å². The molecule has 9 heteroatoms. The van der Waals surface area contributed by atoms with Crippen LogP contribution in [0.2, 0.25) is 5.02 Å². The minimum absolute atomic E-state index is 0.0278. The average Bonchev–Trinajstić information content (AvgIpc) is 2.97. The van der Waals surface area contributed by atoms with Gasteiger partial charge in [-0.15, -0.1) is 0 Å². The van der Waals surface area contributed by atoms with Crippen LogP contribution in [0.4, 0.5) is 0 Å². The van der Waals surface area contributed by atoms with E-state index in [0.29, 0.717) is 27.9 Å². The Morgan fingerprint density at radius 3 is 2.74 bits per heavy atom. The number of ether oxygens (including phenoxy) is 1. The molecule has 0 amide bonds. The van der Waals surface area contributed by atoms with Crippen molar-refractivity contribution in [2.75, 3.05) is 26.3 Å². The highest BCUT2D eigenvalue weighted by Crippen LogP contribution is 2.27. The van der Waals surface area contributed by atoms with E-state index in [1.54, 1.807) is 12.3 Å². The Bertz CT molecular complexity index is 897. The Kier molecular flexibility index (Phi) is 5.03. The summed E-state index contributed by atoms with van der Waals surface area (Å²) in [4.78, 5) is 7.33. The van der Waals surface area contributed by atoms with Gasteiger partial charge < -0.3 is 15.7 Å². The van der Waals surface area contributed by atoms with Gasteiger partial charge in [0.1, 0.15) is 17.0 Å². The van der Waals surface area contributed by atoms with Crippen LogP contribution in [0.5, 0.6) is 5.75 Å². The fraction of sp³-hybridized carbons (Fsp3) is 0.500. The summed E-state index contributed by atoms with van der Waals surface area (Å²) in [6.07, 6.45) is 5.24. The van der Waals surface area contributed by atoms with Gasteiger partial charge >= 0.3 is 0 Å². The molecule has 0 saturated carbocycles. The van der Waals surface area contributed by atoms with E-state index in [2.05, 4.69) is 15.1 Å². The highest BCUT2D eigenvalue weighted by Gasteiger charge is 2.29. The van der Waals surface area contributed by atoms with Crippen LogP contribution in [0.25, 0.3) is 5.52 Å². The van der Waals surface area contributed by atoms with Gasteiger partial charge in [0.2, 0.25) is 0 Å². The van der Waals surface area contributed by atoms with Crippen molar-refractivity contribution in [2.45, 2.75) is 31.8 Å². The van der Waals surface area contributed by atoms with Crippen molar-refractivity contribution in [2.24, 2.45) is 15.9 Å². The Morgan fingerprint density at radius 2 is 2.11 bits per heavy atom. The number of hydrogen-bond acceptors (Lipinski definition) is 7. The van der Waals surface area contributed by atoms with Crippen molar-refractivity contribution in [1.82, 2.24) is 14.5 Å². The molecule has 4 rings (SSSR count). The fourth-order valence-corrected chi connectivity index (χ4v) is 3.95. The summed E-state index contributed by atoms with van der Waals surface area (Å²) >= 11 is 6.05. The number of nitrogens with zero attached hydrogens (tertiary/aromatic N) is 5. The predicted molar refractivity (Wildman–Crippen MR) is 105 cm³/mol. The number of fused-ring (bicyclic) bond motifs is 1. The van der Waals surface area contributed by atoms with Crippen molar-refractivity contribution in [1.29, 1.82) is 0 Å². The first-order valence-electron chi connectivity index (χ1n) is 9.07. The van der Waals surface area contributed by atoms with Gasteiger partial charge in [0.05, 0.1) is 42.2 Å². The minimum Gasteiger partial charge on any atom is -0.506 e. The van der Waals surface area contributed by atoms with E-state index < -0.39 is 0 Å². The molecule has 3 N–H and O–H groups in total. The number of hydrogen-bond donors (Lipinski definition) is 2. The van der Waals surface area contributed by atoms with Crippen molar-refractivity contribution < 1.29 is 9.84 Å². The van der Waals surface area contributed by atoms with Crippen molar-refractivity contribution in [3.8, 4) is 5.75 Å². The molecule has 27 heavy (non-hydrogen) atoms. The van der Waals surface area contributed by atoms with Gasteiger partial charge in [-0.2, -0.15) is 10.2 Å². The van der Waals surface area contributed by atoms with Crippen LogP contribution in [0.3, 0.4) is 0 Å². The molecular formula is C18H23ClN6O2. The van der Waals surface area contributed by atoms with E-state index in [0.717, 1.165) is 44.9 Å². The van der Waals surface area contributed by atoms with E-state index in [-0.39, 0.29) is 11.8 Å². The van der Waals surface area contributed by atoms with Gasteiger partial charge in [-0.3, -0.25) is 9.89 Å². The molecule has 2 fully saturated rings. The molecule has 0 aromatic carbocycles. The number of aromatic hydroxyl groups is 1. The number of aliphatic imine (C=N–C) groups is 1. The average molecular weight is 391 g/mol. The quantitative estimate of drug-likeness (QED) is 0.470. The van der Waals surface area contributed by atoms with Gasteiger partial charge in [0, 0.05) is 24.8 Å². The largest absolute Gasteiger partial charge is 0.506 e. The molecular weight excluding hydrogens is 368 g/mol. The van der Waals surface area contributed by atoms with Crippen LogP contribution in [0.15, 0.2) is 28.6 Å². The first kappa shape index (κ1) is 18.2. The van der Waals surface area contributed by atoms with Gasteiger partial charge in [-0.25, -0.2) is 4.52 Å². The first-order chi connectivity index (χ1) is 13.1. The molecule has 0 radical (unpaired) electrons. The molecule has 0 spiro atoms. The topological polar surface area (TPSA) is 101 Å². The molecule has 0 unspecified atom stereocenters. The maximum absolute atomic E-state index is 10.3. The molecule has 2 aliphatic heterocycles. The van der Waals surface area contributed by atoms with Crippen molar-refractivity contribution >= 4 is 28.5 Å². The second-order valence-corrected chi connectivity index (χ2v) is 7.46. The first-order valence-corrected chi connectivity index (χ1v) is 9.45. The van der Waals surface area contributed by atoms with Gasteiger partial charge in [0.15, 0.2) is 0 Å². The maximum Gasteiger partial charge on any atom is 0.143 e. The summed E-state index contributed by atoms with van der Waals surface area (Å²) in [5.74, 6) is 5.67. The monoisotopic (exact) mass is 390 g/mol. The fourth-order valence-electron chi connectivity index (χ4n) is 3.72. The number of nitrogens with two attached hydrogens (primary N) is 1. The molecule has 2 aliphatic rings. The summed E-state index contributed by atoms with van der Waals surface area (Å²) in [5, 5.41) is 18.7. The molecule has 2 aromatic rings. The normalized spacial score (nSPS) is 21.0. The molecule has 0 aliphatic carbocycles. The lowest BCUT2D eigenvalue weighted by atomic mass is 10.0. The van der Waals surface area contributed by atoms with Crippen LogP contribution in [-0.2, 0) is 4.74 Å². The zero-order valence-electron chi connectivity index (χ0n) is 15.2. The Morgan fingerprint density at radius 1 is 1.37 bits per heavy atom. The molecule has 144 valence electrons. The summed E-state index contributed by atoms with van der Waals surface area (Å²) < 4.78 is 6.80. The van der Waals surface area contributed by atoms with Gasteiger partial charge in [0.25, 0.3) is 0 Å². The van der Waals surface area contributed by atoms with Crippen molar-refractivity contribution in [3.05, 3.63) is 29.0 Å². The smallest absolute Gasteiger partial charge is 0.143 e. The second-order valence-electron chi connectivity index (χ2n) is 7.05. The van der Waals surface area contributed by atoms with Crippen LogP contribution >= 0.6 is 11.6 Å². The molecule has 4 heterocycles. The molecule has 2 saturated heterocycles. The second kappa shape index (κ2) is 7.46. The summed E-state index contributed by atoms with van der Waals surface area (Å²) in [5.41, 5.74) is 2.39. The van der Waals surface area contributed by atoms with E-state index >= 15 is 0 Å². The van der Waals surface area contributed by atoms with Gasteiger partial charge in [-0.1, -0.05) is 11.6 Å². The van der Waals surface area contributed by atoms with Crippen LogP contribution < -0.4 is 5.84 Å². The summed E-state index contributed by atoms with van der Waals surface area (Å²) in [6, 6.07) is 2.41. The van der Waals surface area contributed by atoms with E-state index in [4.69, 9.17) is 27.2 Å². The molecule has 0 atom stereocenters. The zero-order valence-corrected chi connectivity index (χ0v) is 15.9. The zero-order chi connectivity index (χ0) is 19.0. The summed E-state index contributed by atoms with van der Waals surface area (Å²) in [6.45, 7) is 5.65. The number of halogens is 1. The number of pyridine rings is 1. The molecule has 2 aromatic heterocycles. The Labute approximate surface area is 162 Å². The van der Waals surface area contributed by atoms with Gasteiger partial charge in [-0.05, 0) is 25.8 Å². The number of likely N-dealkylation sites (tertiary alicyclic amines) is 1. The predicted octanol–water partition coefficient (Wildman–Crippen LogP) is 1.68. The highest BCUT2D eigenvalue weighted by atomic mass is 35.5. The number of piperidine rings is 1. The Balaban J connectivity index is 1.51. The lowest BCUT2D eigenvalue weighted by Crippen LogP contribution is -2.52. The minimum atomic E-state index is 0.0278. The number of rotatable bonds is 4. The number of aromatic nitrogens is 2. The SMILES string of the molecule is CC(=NC1CCN(C2COC2)CC1)/C(=N\N)c1cc(O)c2c(Cl)cnn2c1.